The molecule has 6 nitrogen and oxygen atoms in total. The van der Waals surface area contributed by atoms with Crippen molar-refractivity contribution in [1.82, 2.24) is 24.7 Å². The second kappa shape index (κ2) is 7.62. The van der Waals surface area contributed by atoms with Gasteiger partial charge in [0.25, 0.3) is 0 Å². The summed E-state index contributed by atoms with van der Waals surface area (Å²) in [4.78, 5) is 4.79. The van der Waals surface area contributed by atoms with E-state index in [1.165, 1.54) is 16.8 Å². The fraction of sp³-hybridized carbons (Fsp3) is 0.350. The monoisotopic (exact) mass is 380 g/mol. The van der Waals surface area contributed by atoms with Gasteiger partial charge in [0.15, 0.2) is 0 Å². The molecule has 1 aromatic heterocycles. The molecule has 2 aromatic carbocycles. The molecule has 0 bridgehead atoms. The minimum absolute atomic E-state index is 0.634. The number of aryl methyl sites for hydroxylation is 1. The second-order valence-corrected chi connectivity index (χ2v) is 7.34. The van der Waals surface area contributed by atoms with Crippen LogP contribution in [0.15, 0.2) is 48.5 Å². The van der Waals surface area contributed by atoms with Crippen molar-refractivity contribution in [1.29, 1.82) is 0 Å². The molecule has 1 saturated heterocycles. The van der Waals surface area contributed by atoms with Gasteiger partial charge in [0.05, 0.1) is 12.4 Å². The Labute approximate surface area is 164 Å². The molecule has 1 aliphatic heterocycles. The van der Waals surface area contributed by atoms with E-state index in [9.17, 15) is 0 Å². The highest BCUT2D eigenvalue weighted by Gasteiger charge is 2.18. The number of tetrazole rings is 1. The first-order valence-electron chi connectivity index (χ1n) is 9.25. The van der Waals surface area contributed by atoms with Gasteiger partial charge in [0, 0.05) is 31.9 Å². The summed E-state index contributed by atoms with van der Waals surface area (Å²) >= 11 is 5.64. The van der Waals surface area contributed by atoms with Crippen LogP contribution < -0.4 is 4.90 Å². The van der Waals surface area contributed by atoms with Gasteiger partial charge in [0.1, 0.15) is 0 Å². The van der Waals surface area contributed by atoms with Gasteiger partial charge in [-0.3, -0.25) is 4.90 Å². The van der Waals surface area contributed by atoms with E-state index in [0.717, 1.165) is 31.9 Å². The molecular formula is C20H24N6S. The maximum Gasteiger partial charge on any atom is 0.221 e. The zero-order chi connectivity index (χ0) is 18.8. The summed E-state index contributed by atoms with van der Waals surface area (Å²) < 4.78 is 4.21. The van der Waals surface area contributed by atoms with Gasteiger partial charge < -0.3 is 4.90 Å². The van der Waals surface area contributed by atoms with Gasteiger partial charge in [0.2, 0.25) is 4.77 Å². The van der Waals surface area contributed by atoms with Gasteiger partial charge in [-0.15, -0.1) is 0 Å². The van der Waals surface area contributed by atoms with Crippen molar-refractivity contribution < 1.29 is 0 Å². The van der Waals surface area contributed by atoms with Crippen LogP contribution in [0.5, 0.6) is 0 Å². The van der Waals surface area contributed by atoms with Crippen LogP contribution in [0.4, 0.5) is 5.69 Å². The highest BCUT2D eigenvalue weighted by molar-refractivity contribution is 7.71. The van der Waals surface area contributed by atoms with Crippen LogP contribution in [0.2, 0.25) is 0 Å². The fourth-order valence-corrected chi connectivity index (χ4v) is 3.68. The van der Waals surface area contributed by atoms with Gasteiger partial charge in [-0.1, -0.05) is 30.3 Å². The number of nitrogens with zero attached hydrogens (tertiary/aromatic N) is 6. The fourth-order valence-electron chi connectivity index (χ4n) is 3.45. The van der Waals surface area contributed by atoms with E-state index in [4.69, 9.17) is 12.2 Å². The SMILES string of the molecule is Cc1cccc(-n2nnn(CN3CCN(c4ccccc4)CC3)c2=S)c1C. The minimum atomic E-state index is 0.634. The van der Waals surface area contributed by atoms with E-state index >= 15 is 0 Å². The zero-order valence-electron chi connectivity index (χ0n) is 15.7. The Bertz CT molecular complexity index is 970. The van der Waals surface area contributed by atoms with Crippen molar-refractivity contribution >= 4 is 17.9 Å². The van der Waals surface area contributed by atoms with Gasteiger partial charge in [-0.05, 0) is 65.8 Å². The van der Waals surface area contributed by atoms with Crippen molar-refractivity contribution in [3.63, 3.8) is 0 Å². The minimum Gasteiger partial charge on any atom is -0.369 e. The van der Waals surface area contributed by atoms with E-state index in [2.05, 4.69) is 70.5 Å². The van der Waals surface area contributed by atoms with Crippen LogP contribution in [-0.4, -0.2) is 50.9 Å². The third kappa shape index (κ3) is 3.65. The van der Waals surface area contributed by atoms with Crippen molar-refractivity contribution in [3.05, 3.63) is 64.4 Å². The van der Waals surface area contributed by atoms with Crippen LogP contribution >= 0.6 is 12.2 Å². The molecule has 0 N–H and O–H groups in total. The Morgan fingerprint density at radius 1 is 0.889 bits per heavy atom. The normalized spacial score (nSPS) is 15.3. The predicted octanol–water partition coefficient (Wildman–Crippen LogP) is 3.19. The number of hydrogen-bond acceptors (Lipinski definition) is 5. The van der Waals surface area contributed by atoms with Crippen LogP contribution in [0.1, 0.15) is 11.1 Å². The van der Waals surface area contributed by atoms with Gasteiger partial charge in [-0.25, -0.2) is 4.68 Å². The molecule has 0 amide bonds. The Hall–Kier alpha value is -2.51. The van der Waals surface area contributed by atoms with Crippen molar-refractivity contribution in [2.24, 2.45) is 0 Å². The van der Waals surface area contributed by atoms with Crippen molar-refractivity contribution in [2.45, 2.75) is 20.5 Å². The molecule has 140 valence electrons. The van der Waals surface area contributed by atoms with Crippen LogP contribution in [-0.2, 0) is 6.67 Å². The molecule has 0 atom stereocenters. The maximum atomic E-state index is 5.64. The van der Waals surface area contributed by atoms with E-state index in [1.807, 2.05) is 16.8 Å². The number of rotatable bonds is 4. The first kappa shape index (κ1) is 17.9. The Morgan fingerprint density at radius 2 is 1.63 bits per heavy atom. The van der Waals surface area contributed by atoms with E-state index in [0.29, 0.717) is 11.4 Å². The van der Waals surface area contributed by atoms with Crippen LogP contribution in [0.3, 0.4) is 0 Å². The smallest absolute Gasteiger partial charge is 0.221 e. The Balaban J connectivity index is 1.45. The predicted molar refractivity (Wildman–Crippen MR) is 110 cm³/mol. The number of hydrogen-bond donors (Lipinski definition) is 0. The summed E-state index contributed by atoms with van der Waals surface area (Å²) in [5.74, 6) is 0. The molecule has 1 aliphatic rings. The number of aromatic nitrogens is 4. The molecule has 2 heterocycles. The molecule has 0 spiro atoms. The summed E-state index contributed by atoms with van der Waals surface area (Å²) in [5, 5.41) is 8.61. The molecule has 3 aromatic rings. The molecule has 0 radical (unpaired) electrons. The van der Waals surface area contributed by atoms with E-state index < -0.39 is 0 Å². The van der Waals surface area contributed by atoms with E-state index in [1.54, 1.807) is 4.68 Å². The van der Waals surface area contributed by atoms with Crippen LogP contribution in [0, 0.1) is 18.6 Å². The standard InChI is InChI=1S/C20H24N6S/c1-16-7-6-10-19(17(16)2)26-20(27)25(21-22-26)15-23-11-13-24(14-12-23)18-8-4-3-5-9-18/h3-10H,11-15H2,1-2H3. The molecule has 0 aliphatic carbocycles. The molecule has 0 saturated carbocycles. The average Bonchev–Trinajstić information content (AvgIpc) is 3.05. The van der Waals surface area contributed by atoms with E-state index in [-0.39, 0.29) is 0 Å². The number of benzene rings is 2. The van der Waals surface area contributed by atoms with Crippen LogP contribution in [0.25, 0.3) is 5.69 Å². The quantitative estimate of drug-likeness (QED) is 0.650. The summed E-state index contributed by atoms with van der Waals surface area (Å²) in [5.41, 5.74) is 4.69. The summed E-state index contributed by atoms with van der Waals surface area (Å²) in [6.07, 6.45) is 0. The third-order valence-corrected chi connectivity index (χ3v) is 5.65. The molecule has 0 unspecified atom stereocenters. The zero-order valence-corrected chi connectivity index (χ0v) is 16.6. The summed E-state index contributed by atoms with van der Waals surface area (Å²) in [6, 6.07) is 16.7. The lowest BCUT2D eigenvalue weighted by Gasteiger charge is -2.35. The lowest BCUT2D eigenvalue weighted by molar-refractivity contribution is 0.193. The number of para-hydroxylation sites is 1. The lowest BCUT2D eigenvalue weighted by Crippen LogP contribution is -2.47. The molecule has 4 rings (SSSR count). The van der Waals surface area contributed by atoms with Crippen molar-refractivity contribution in [3.8, 4) is 5.69 Å². The Kier molecular flexibility index (Phi) is 5.05. The molecule has 1 fully saturated rings. The highest BCUT2D eigenvalue weighted by atomic mass is 32.1. The summed E-state index contributed by atoms with van der Waals surface area (Å²) in [7, 11) is 0. The molecule has 7 heteroatoms. The topological polar surface area (TPSA) is 42.1 Å². The van der Waals surface area contributed by atoms with Gasteiger partial charge >= 0.3 is 0 Å². The first-order valence-corrected chi connectivity index (χ1v) is 9.66. The third-order valence-electron chi connectivity index (χ3n) is 5.27. The molecular weight excluding hydrogens is 356 g/mol. The largest absolute Gasteiger partial charge is 0.369 e. The average molecular weight is 381 g/mol. The Morgan fingerprint density at radius 3 is 2.37 bits per heavy atom. The van der Waals surface area contributed by atoms with Crippen molar-refractivity contribution in [2.75, 3.05) is 31.1 Å². The highest BCUT2D eigenvalue weighted by Crippen LogP contribution is 2.18. The number of piperazine rings is 1. The number of anilines is 1. The molecule has 27 heavy (non-hydrogen) atoms. The van der Waals surface area contributed by atoms with Gasteiger partial charge in [-0.2, -0.15) is 4.68 Å². The summed E-state index contributed by atoms with van der Waals surface area (Å²) in [6.45, 7) is 8.82. The maximum absolute atomic E-state index is 5.64. The lowest BCUT2D eigenvalue weighted by atomic mass is 10.1. The second-order valence-electron chi connectivity index (χ2n) is 6.97. The first-order chi connectivity index (χ1) is 13.1.